The van der Waals surface area contributed by atoms with Crippen molar-refractivity contribution in [2.45, 2.75) is 71.1 Å². The number of carbonyl (C=O) groups is 1. The average molecular weight is 474 g/mol. The molecule has 1 saturated heterocycles. The van der Waals surface area contributed by atoms with Crippen LogP contribution in [-0.2, 0) is 22.4 Å². The van der Waals surface area contributed by atoms with E-state index in [0.29, 0.717) is 19.0 Å². The third kappa shape index (κ3) is 7.28. The van der Waals surface area contributed by atoms with Gasteiger partial charge >= 0.3 is 5.97 Å². The molecule has 2 N–H and O–H groups in total. The van der Waals surface area contributed by atoms with Gasteiger partial charge in [0.25, 0.3) is 0 Å². The topological polar surface area (TPSA) is 70.0 Å². The molecular formula is C27H36ClNO4. The van der Waals surface area contributed by atoms with E-state index in [-0.39, 0.29) is 19.1 Å². The van der Waals surface area contributed by atoms with Crippen LogP contribution in [0.5, 0.6) is 0 Å². The lowest BCUT2D eigenvalue weighted by Crippen LogP contribution is -2.39. The minimum Gasteiger partial charge on any atom is -0.481 e. The first kappa shape index (κ1) is 25.7. The normalized spacial score (nSPS) is 18.4. The van der Waals surface area contributed by atoms with Crippen molar-refractivity contribution in [3.63, 3.8) is 0 Å². The maximum Gasteiger partial charge on any atom is 0.303 e. The van der Waals surface area contributed by atoms with E-state index in [1.165, 1.54) is 5.56 Å². The van der Waals surface area contributed by atoms with Crippen molar-refractivity contribution in [3.8, 4) is 0 Å². The molecule has 2 aromatic rings. The lowest BCUT2D eigenvalue weighted by molar-refractivity contribution is -0.136. The number of benzene rings is 2. The molecule has 33 heavy (non-hydrogen) atoms. The Hall–Kier alpha value is -1.92. The first-order chi connectivity index (χ1) is 15.7. The van der Waals surface area contributed by atoms with Crippen molar-refractivity contribution >= 4 is 17.6 Å². The minimum absolute atomic E-state index is 0.0930. The molecule has 6 heteroatoms. The van der Waals surface area contributed by atoms with Gasteiger partial charge in [0.05, 0.1) is 18.8 Å². The van der Waals surface area contributed by atoms with Crippen LogP contribution in [0.15, 0.2) is 36.4 Å². The van der Waals surface area contributed by atoms with Gasteiger partial charge in [0.2, 0.25) is 0 Å². The van der Waals surface area contributed by atoms with E-state index in [0.717, 1.165) is 53.1 Å². The fraction of sp³-hybridized carbons (Fsp3) is 0.519. The number of aliphatic hydroxyl groups is 1. The van der Waals surface area contributed by atoms with Crippen molar-refractivity contribution in [1.29, 1.82) is 0 Å². The zero-order chi connectivity index (χ0) is 24.0. The van der Waals surface area contributed by atoms with Gasteiger partial charge in [0.15, 0.2) is 0 Å². The SMILES string of the molecule is Cc1ccc(C[C@@H]2CCCN2C[C@@H](O)CO[C@H](C)c2cccc(C)c2CCC(=O)O)cc1Cl. The van der Waals surface area contributed by atoms with Crippen molar-refractivity contribution in [3.05, 3.63) is 69.2 Å². The van der Waals surface area contributed by atoms with E-state index in [1.807, 2.05) is 39.0 Å². The molecule has 1 fully saturated rings. The van der Waals surface area contributed by atoms with Crippen LogP contribution >= 0.6 is 11.6 Å². The number of hydrogen-bond donors (Lipinski definition) is 2. The van der Waals surface area contributed by atoms with Crippen molar-refractivity contribution in [2.24, 2.45) is 0 Å². The van der Waals surface area contributed by atoms with Gasteiger partial charge in [-0.1, -0.05) is 41.9 Å². The average Bonchev–Trinajstić information content (AvgIpc) is 3.19. The predicted molar refractivity (Wildman–Crippen MR) is 132 cm³/mol. The third-order valence-corrected chi connectivity index (χ3v) is 7.07. The summed E-state index contributed by atoms with van der Waals surface area (Å²) in [5.74, 6) is -0.804. The molecule has 0 radical (unpaired) electrons. The van der Waals surface area contributed by atoms with E-state index < -0.39 is 12.1 Å². The first-order valence-electron chi connectivity index (χ1n) is 11.8. The number of carboxylic acid groups (broad SMARTS) is 1. The molecule has 0 bridgehead atoms. The number of β-amino-alcohol motifs (C(OH)–C–C–N with tert-alkyl or cyclic N) is 1. The molecule has 0 aliphatic carbocycles. The van der Waals surface area contributed by atoms with E-state index in [1.54, 1.807) is 0 Å². The number of carboxylic acids is 1. The Morgan fingerprint density at radius 3 is 2.76 bits per heavy atom. The van der Waals surface area contributed by atoms with Crippen LogP contribution < -0.4 is 0 Å². The Morgan fingerprint density at radius 1 is 1.24 bits per heavy atom. The standard InChI is InChI=1S/C27H36ClNO4/c1-18-6-4-8-25(24(18)11-12-27(31)32)20(3)33-17-23(30)16-29-13-5-7-22(29)14-21-10-9-19(2)26(28)15-21/h4,6,8-10,15,20,22-23,30H,5,7,11-14,16-17H2,1-3H3,(H,31,32)/t20-,22+,23-/m1/s1. The molecule has 1 aliphatic rings. The monoisotopic (exact) mass is 473 g/mol. The van der Waals surface area contributed by atoms with E-state index in [2.05, 4.69) is 23.1 Å². The summed E-state index contributed by atoms with van der Waals surface area (Å²) in [6.07, 6.45) is 2.95. The Labute approximate surface area is 202 Å². The molecular weight excluding hydrogens is 438 g/mol. The number of aliphatic hydroxyl groups excluding tert-OH is 1. The molecule has 3 rings (SSSR count). The van der Waals surface area contributed by atoms with Crippen LogP contribution in [0.3, 0.4) is 0 Å². The van der Waals surface area contributed by atoms with Crippen molar-refractivity contribution < 1.29 is 19.7 Å². The van der Waals surface area contributed by atoms with E-state index in [9.17, 15) is 9.90 Å². The molecule has 0 spiro atoms. The fourth-order valence-electron chi connectivity index (χ4n) is 4.75. The summed E-state index contributed by atoms with van der Waals surface area (Å²) in [6, 6.07) is 12.6. The van der Waals surface area contributed by atoms with Crippen LogP contribution in [0.25, 0.3) is 0 Å². The van der Waals surface area contributed by atoms with Gasteiger partial charge in [-0.05, 0) is 86.9 Å². The first-order valence-corrected chi connectivity index (χ1v) is 12.2. The zero-order valence-corrected chi connectivity index (χ0v) is 20.6. The summed E-state index contributed by atoms with van der Waals surface area (Å²) in [5.41, 5.74) is 5.41. The van der Waals surface area contributed by atoms with Gasteiger partial charge in [-0.3, -0.25) is 9.69 Å². The number of rotatable bonds is 11. The van der Waals surface area contributed by atoms with Crippen LogP contribution in [0.4, 0.5) is 0 Å². The second-order valence-corrected chi connectivity index (χ2v) is 9.65. The molecule has 180 valence electrons. The van der Waals surface area contributed by atoms with Crippen molar-refractivity contribution in [2.75, 3.05) is 19.7 Å². The summed E-state index contributed by atoms with van der Waals surface area (Å²) < 4.78 is 6.04. The lowest BCUT2D eigenvalue weighted by atomic mass is 9.95. The Bertz CT molecular complexity index is 948. The summed E-state index contributed by atoms with van der Waals surface area (Å²) >= 11 is 6.30. The fourth-order valence-corrected chi connectivity index (χ4v) is 4.95. The quantitative estimate of drug-likeness (QED) is 0.474. The Kier molecular flexibility index (Phi) is 9.33. The Balaban J connectivity index is 1.54. The van der Waals surface area contributed by atoms with Crippen LogP contribution in [0.2, 0.25) is 5.02 Å². The number of ether oxygens (including phenoxy) is 1. The molecule has 2 aromatic carbocycles. The molecule has 0 unspecified atom stereocenters. The van der Waals surface area contributed by atoms with E-state index >= 15 is 0 Å². The maximum atomic E-state index is 11.0. The third-order valence-electron chi connectivity index (χ3n) is 6.66. The smallest absolute Gasteiger partial charge is 0.303 e. The van der Waals surface area contributed by atoms with Gasteiger partial charge in [-0.25, -0.2) is 0 Å². The molecule has 0 amide bonds. The highest BCUT2D eigenvalue weighted by Crippen LogP contribution is 2.27. The number of hydrogen-bond acceptors (Lipinski definition) is 4. The molecule has 0 aromatic heterocycles. The highest BCUT2D eigenvalue weighted by Gasteiger charge is 2.27. The molecule has 1 aliphatic heterocycles. The van der Waals surface area contributed by atoms with Gasteiger partial charge in [-0.2, -0.15) is 0 Å². The maximum absolute atomic E-state index is 11.0. The van der Waals surface area contributed by atoms with Crippen molar-refractivity contribution in [1.82, 2.24) is 4.90 Å². The number of aryl methyl sites for hydroxylation is 2. The van der Waals surface area contributed by atoms with Gasteiger partial charge in [0, 0.05) is 24.0 Å². The van der Waals surface area contributed by atoms with Gasteiger partial charge < -0.3 is 14.9 Å². The summed E-state index contributed by atoms with van der Waals surface area (Å²) in [7, 11) is 0. The highest BCUT2D eigenvalue weighted by atomic mass is 35.5. The summed E-state index contributed by atoms with van der Waals surface area (Å²) in [5, 5.41) is 20.6. The molecule has 0 saturated carbocycles. The predicted octanol–water partition coefficient (Wildman–Crippen LogP) is 5.12. The summed E-state index contributed by atoms with van der Waals surface area (Å²) in [6.45, 7) is 7.78. The second kappa shape index (κ2) is 12.0. The second-order valence-electron chi connectivity index (χ2n) is 9.24. The molecule has 3 atom stereocenters. The number of nitrogens with zero attached hydrogens (tertiary/aromatic N) is 1. The van der Waals surface area contributed by atoms with Gasteiger partial charge in [0.1, 0.15) is 0 Å². The van der Waals surface area contributed by atoms with E-state index in [4.69, 9.17) is 21.4 Å². The largest absolute Gasteiger partial charge is 0.481 e. The molecule has 5 nitrogen and oxygen atoms in total. The van der Waals surface area contributed by atoms with Gasteiger partial charge in [-0.15, -0.1) is 0 Å². The number of aliphatic carboxylic acids is 1. The lowest BCUT2D eigenvalue weighted by Gasteiger charge is -2.28. The zero-order valence-electron chi connectivity index (χ0n) is 19.9. The van der Waals surface area contributed by atoms with Crippen LogP contribution in [0.1, 0.15) is 60.1 Å². The summed E-state index contributed by atoms with van der Waals surface area (Å²) in [4.78, 5) is 13.4. The Morgan fingerprint density at radius 2 is 2.03 bits per heavy atom. The number of halogens is 1. The minimum atomic E-state index is -0.804. The van der Waals surface area contributed by atoms with Crippen LogP contribution in [-0.4, -0.2) is 52.9 Å². The molecule has 1 heterocycles. The van der Waals surface area contributed by atoms with Crippen LogP contribution in [0, 0.1) is 13.8 Å². The number of likely N-dealkylation sites (tertiary alicyclic amines) is 1. The highest BCUT2D eigenvalue weighted by molar-refractivity contribution is 6.31.